The minimum absolute atomic E-state index is 0.148. The summed E-state index contributed by atoms with van der Waals surface area (Å²) in [5.41, 5.74) is 1.17. The molecule has 0 radical (unpaired) electrons. The van der Waals surface area contributed by atoms with Crippen LogP contribution in [0.1, 0.15) is 48.7 Å². The first-order chi connectivity index (χ1) is 13.9. The summed E-state index contributed by atoms with van der Waals surface area (Å²) in [6.07, 6.45) is 0.706. The van der Waals surface area contributed by atoms with Gasteiger partial charge in [0.2, 0.25) is 0 Å². The molecule has 0 saturated carbocycles. The van der Waals surface area contributed by atoms with Gasteiger partial charge in [-0.1, -0.05) is 55.3 Å². The summed E-state index contributed by atoms with van der Waals surface area (Å²) >= 11 is 6.14. The van der Waals surface area contributed by atoms with Crippen LogP contribution in [0.25, 0.3) is 0 Å². The average molecular weight is 420 g/mol. The zero-order chi connectivity index (χ0) is 21.4. The van der Waals surface area contributed by atoms with Crippen LogP contribution in [-0.4, -0.2) is 32.2 Å². The molecule has 0 aromatic heterocycles. The van der Waals surface area contributed by atoms with E-state index in [0.29, 0.717) is 11.5 Å². The van der Waals surface area contributed by atoms with Gasteiger partial charge in [-0.25, -0.2) is 4.79 Å². The van der Waals surface area contributed by atoms with E-state index in [1.165, 1.54) is 33.3 Å². The molecular formula is C22H26ClNO5. The van der Waals surface area contributed by atoms with Crippen molar-refractivity contribution in [3.63, 3.8) is 0 Å². The summed E-state index contributed by atoms with van der Waals surface area (Å²) in [7, 11) is 2.89. The molecule has 0 aliphatic carbocycles. The maximum absolute atomic E-state index is 12.6. The first-order valence-electron chi connectivity index (χ1n) is 9.39. The van der Waals surface area contributed by atoms with E-state index in [1.54, 1.807) is 0 Å². The predicted octanol–water partition coefficient (Wildman–Crippen LogP) is 4.56. The van der Waals surface area contributed by atoms with Gasteiger partial charge in [0.15, 0.2) is 17.6 Å². The number of esters is 1. The van der Waals surface area contributed by atoms with Gasteiger partial charge in [0, 0.05) is 0 Å². The topological polar surface area (TPSA) is 73.9 Å². The van der Waals surface area contributed by atoms with E-state index < -0.39 is 12.1 Å². The predicted molar refractivity (Wildman–Crippen MR) is 112 cm³/mol. The highest BCUT2D eigenvalue weighted by molar-refractivity contribution is 6.32. The number of hydrogen-bond donors (Lipinski definition) is 1. The highest BCUT2D eigenvalue weighted by Gasteiger charge is 2.23. The number of amides is 1. The van der Waals surface area contributed by atoms with E-state index in [1.807, 2.05) is 37.3 Å². The van der Waals surface area contributed by atoms with E-state index in [4.69, 9.17) is 25.8 Å². The van der Waals surface area contributed by atoms with Crippen LogP contribution in [0.5, 0.6) is 11.5 Å². The van der Waals surface area contributed by atoms with Crippen LogP contribution < -0.4 is 14.8 Å². The fourth-order valence-corrected chi connectivity index (χ4v) is 3.19. The van der Waals surface area contributed by atoms with Gasteiger partial charge >= 0.3 is 5.97 Å². The van der Waals surface area contributed by atoms with Gasteiger partial charge in [0.25, 0.3) is 5.91 Å². The normalized spacial score (nSPS) is 12.6. The monoisotopic (exact) mass is 419 g/mol. The lowest BCUT2D eigenvalue weighted by molar-refractivity contribution is -0.129. The van der Waals surface area contributed by atoms with Crippen molar-refractivity contribution in [2.45, 2.75) is 38.8 Å². The largest absolute Gasteiger partial charge is 0.493 e. The first-order valence-corrected chi connectivity index (χ1v) is 9.76. The number of rotatable bonds is 9. The summed E-state index contributed by atoms with van der Waals surface area (Å²) in [6, 6.07) is 12.4. The lowest BCUT2D eigenvalue weighted by Crippen LogP contribution is -2.38. The second-order valence-corrected chi connectivity index (χ2v) is 6.91. The van der Waals surface area contributed by atoms with Crippen LogP contribution >= 0.6 is 11.6 Å². The smallest absolute Gasteiger partial charge is 0.339 e. The zero-order valence-corrected chi connectivity index (χ0v) is 17.8. The molecule has 0 aliphatic heterocycles. The average Bonchev–Trinajstić information content (AvgIpc) is 2.73. The van der Waals surface area contributed by atoms with Crippen LogP contribution in [0.2, 0.25) is 5.02 Å². The van der Waals surface area contributed by atoms with Crippen LogP contribution in [0.15, 0.2) is 42.5 Å². The quantitative estimate of drug-likeness (QED) is 0.603. The van der Waals surface area contributed by atoms with Crippen molar-refractivity contribution >= 4 is 23.5 Å². The van der Waals surface area contributed by atoms with Gasteiger partial charge in [-0.2, -0.15) is 0 Å². The Morgan fingerprint density at radius 2 is 1.79 bits per heavy atom. The Kier molecular flexibility index (Phi) is 8.34. The number of ether oxygens (including phenoxy) is 3. The molecule has 29 heavy (non-hydrogen) atoms. The number of benzene rings is 2. The molecule has 2 aromatic rings. The van der Waals surface area contributed by atoms with Crippen molar-refractivity contribution < 1.29 is 23.8 Å². The Labute approximate surface area is 176 Å². The van der Waals surface area contributed by atoms with Crippen LogP contribution in [0, 0.1) is 0 Å². The third kappa shape index (κ3) is 5.87. The van der Waals surface area contributed by atoms with Gasteiger partial charge in [-0.3, -0.25) is 4.79 Å². The van der Waals surface area contributed by atoms with E-state index in [9.17, 15) is 9.59 Å². The molecule has 156 valence electrons. The molecule has 1 amide bonds. The first kappa shape index (κ1) is 22.6. The molecule has 0 spiro atoms. The Balaban J connectivity index is 2.08. The van der Waals surface area contributed by atoms with Gasteiger partial charge < -0.3 is 19.5 Å². The Bertz CT molecular complexity index is 841. The van der Waals surface area contributed by atoms with Crippen LogP contribution in [0.3, 0.4) is 0 Å². The number of carbonyl (C=O) groups is 2. The molecule has 7 heteroatoms. The van der Waals surface area contributed by atoms with Crippen LogP contribution in [0.4, 0.5) is 0 Å². The zero-order valence-electron chi connectivity index (χ0n) is 17.0. The minimum atomic E-state index is -0.975. The third-order valence-electron chi connectivity index (χ3n) is 4.42. The molecule has 0 saturated heterocycles. The lowest BCUT2D eigenvalue weighted by Gasteiger charge is -2.21. The molecule has 0 fully saturated rings. The van der Waals surface area contributed by atoms with Crippen molar-refractivity contribution in [1.82, 2.24) is 5.32 Å². The maximum Gasteiger partial charge on any atom is 0.339 e. The summed E-state index contributed by atoms with van der Waals surface area (Å²) in [5.74, 6) is -0.424. The summed E-state index contributed by atoms with van der Waals surface area (Å²) in [6.45, 7) is 3.58. The standard InChI is InChI=1S/C22H26ClNO5/c1-5-9-18(15-10-7-6-8-11-15)24-21(25)14(2)29-22(26)16-12-17(23)20(28-4)19(13-16)27-3/h6-8,10-14,18H,5,9H2,1-4H3,(H,24,25)/t14-,18-/m1/s1. The SMILES string of the molecule is CCC[C@@H](NC(=O)[C@@H](C)OC(=O)c1cc(Cl)c(OC)c(OC)c1)c1ccccc1. The second kappa shape index (κ2) is 10.7. The van der Waals surface area contributed by atoms with Gasteiger partial charge in [0.1, 0.15) is 0 Å². The van der Waals surface area contributed by atoms with E-state index in [0.717, 1.165) is 18.4 Å². The number of carbonyl (C=O) groups excluding carboxylic acids is 2. The molecule has 0 bridgehead atoms. The molecule has 2 atom stereocenters. The van der Waals surface area contributed by atoms with E-state index in [2.05, 4.69) is 5.32 Å². The lowest BCUT2D eigenvalue weighted by atomic mass is 10.0. The van der Waals surface area contributed by atoms with E-state index >= 15 is 0 Å². The summed E-state index contributed by atoms with van der Waals surface area (Å²) < 4.78 is 15.7. The number of halogens is 1. The number of methoxy groups -OCH3 is 2. The number of nitrogens with one attached hydrogen (secondary N) is 1. The minimum Gasteiger partial charge on any atom is -0.493 e. The third-order valence-corrected chi connectivity index (χ3v) is 4.70. The molecule has 0 aliphatic rings. The molecule has 6 nitrogen and oxygen atoms in total. The molecule has 0 unspecified atom stereocenters. The van der Waals surface area contributed by atoms with Crippen molar-refractivity contribution in [2.24, 2.45) is 0 Å². The summed E-state index contributed by atoms with van der Waals surface area (Å²) in [4.78, 5) is 25.1. The van der Waals surface area contributed by atoms with Gasteiger partial charge in [0.05, 0.1) is 30.8 Å². The van der Waals surface area contributed by atoms with Crippen molar-refractivity contribution in [3.05, 3.63) is 58.6 Å². The van der Waals surface area contributed by atoms with Crippen molar-refractivity contribution in [3.8, 4) is 11.5 Å². The highest BCUT2D eigenvalue weighted by atomic mass is 35.5. The molecule has 1 N–H and O–H groups in total. The highest BCUT2D eigenvalue weighted by Crippen LogP contribution is 2.36. The second-order valence-electron chi connectivity index (χ2n) is 6.50. The Hall–Kier alpha value is -2.73. The summed E-state index contributed by atoms with van der Waals surface area (Å²) in [5, 5.41) is 3.17. The van der Waals surface area contributed by atoms with Crippen molar-refractivity contribution in [2.75, 3.05) is 14.2 Å². The van der Waals surface area contributed by atoms with Gasteiger partial charge in [-0.15, -0.1) is 0 Å². The fraction of sp³-hybridized carbons (Fsp3) is 0.364. The maximum atomic E-state index is 12.6. The van der Waals surface area contributed by atoms with Gasteiger partial charge in [-0.05, 0) is 31.0 Å². The van der Waals surface area contributed by atoms with Crippen molar-refractivity contribution in [1.29, 1.82) is 0 Å². The number of hydrogen-bond acceptors (Lipinski definition) is 5. The van der Waals surface area contributed by atoms with E-state index in [-0.39, 0.29) is 22.5 Å². The Morgan fingerprint density at radius 3 is 2.38 bits per heavy atom. The fourth-order valence-electron chi connectivity index (χ4n) is 2.90. The molecular weight excluding hydrogens is 394 g/mol. The van der Waals surface area contributed by atoms with Crippen LogP contribution in [-0.2, 0) is 9.53 Å². The Morgan fingerprint density at radius 1 is 1.10 bits per heavy atom. The molecule has 0 heterocycles. The molecule has 2 rings (SSSR count). The molecule has 2 aromatic carbocycles.